The molecule has 1 N–H and O–H groups in total. The van der Waals surface area contributed by atoms with E-state index in [1.54, 1.807) is 36.3 Å². The Morgan fingerprint density at radius 1 is 0.775 bits per heavy atom. The lowest BCUT2D eigenvalue weighted by Crippen LogP contribution is -2.49. The zero-order chi connectivity index (χ0) is 28.2. The standard InChI is InChI=1S/C30H31N3O7/c1-36-23-12-8-6-10-21(23)32-13-15-33(16-14-32)30(35)28-26(20-9-5-7-11-22(20)40-28)31-29(34)19-17-24(37-2)27(39-4)25(18-19)38-3/h5-12,17-18H,13-16H2,1-4H3,(H,31,34). The maximum atomic E-state index is 13.7. The maximum Gasteiger partial charge on any atom is 0.291 e. The second kappa shape index (κ2) is 11.5. The Kier molecular flexibility index (Phi) is 7.68. The Morgan fingerprint density at radius 2 is 1.40 bits per heavy atom. The third-order valence-corrected chi connectivity index (χ3v) is 6.95. The highest BCUT2D eigenvalue weighted by atomic mass is 16.5. The fourth-order valence-electron chi connectivity index (χ4n) is 4.90. The molecule has 40 heavy (non-hydrogen) atoms. The van der Waals surface area contributed by atoms with Crippen molar-refractivity contribution in [3.05, 3.63) is 72.0 Å². The summed E-state index contributed by atoms with van der Waals surface area (Å²) >= 11 is 0. The number of anilines is 2. The lowest BCUT2D eigenvalue weighted by atomic mass is 10.1. The van der Waals surface area contributed by atoms with Crippen LogP contribution < -0.4 is 29.2 Å². The molecule has 0 atom stereocenters. The molecular formula is C30H31N3O7. The quantitative estimate of drug-likeness (QED) is 0.341. The molecule has 0 radical (unpaired) electrons. The van der Waals surface area contributed by atoms with Crippen molar-refractivity contribution in [2.24, 2.45) is 0 Å². The van der Waals surface area contributed by atoms with Gasteiger partial charge in [-0.1, -0.05) is 24.3 Å². The van der Waals surface area contributed by atoms with Crippen LogP contribution in [0, 0.1) is 0 Å². The predicted octanol–water partition coefficient (Wildman–Crippen LogP) is 4.68. The number of carbonyl (C=O) groups excluding carboxylic acids is 2. The van der Waals surface area contributed by atoms with Crippen LogP contribution in [0.4, 0.5) is 11.4 Å². The van der Waals surface area contributed by atoms with E-state index in [1.165, 1.54) is 21.3 Å². The molecular weight excluding hydrogens is 514 g/mol. The Hall–Kier alpha value is -4.86. The number of nitrogens with one attached hydrogen (secondary N) is 1. The molecule has 0 bridgehead atoms. The summed E-state index contributed by atoms with van der Waals surface area (Å²) in [5.74, 6) is 1.17. The SMILES string of the molecule is COc1ccccc1N1CCN(C(=O)c2oc3ccccc3c2NC(=O)c2cc(OC)c(OC)c(OC)c2)CC1. The van der Waals surface area contributed by atoms with Gasteiger partial charge in [-0.05, 0) is 36.4 Å². The summed E-state index contributed by atoms with van der Waals surface area (Å²) < 4.78 is 27.7. The highest BCUT2D eigenvalue weighted by Crippen LogP contribution is 2.39. The van der Waals surface area contributed by atoms with Crippen LogP contribution in [0.15, 0.2) is 65.1 Å². The van der Waals surface area contributed by atoms with Crippen LogP contribution in [0.3, 0.4) is 0 Å². The molecule has 0 aliphatic carbocycles. The minimum atomic E-state index is -0.458. The number of hydrogen-bond acceptors (Lipinski definition) is 8. The molecule has 0 spiro atoms. The van der Waals surface area contributed by atoms with Gasteiger partial charge in [-0.3, -0.25) is 9.59 Å². The molecule has 208 valence electrons. The summed E-state index contributed by atoms with van der Waals surface area (Å²) in [6, 6.07) is 18.1. The lowest BCUT2D eigenvalue weighted by Gasteiger charge is -2.36. The zero-order valence-corrected chi connectivity index (χ0v) is 22.9. The van der Waals surface area contributed by atoms with E-state index in [1.807, 2.05) is 36.4 Å². The number of rotatable bonds is 8. The number of hydrogen-bond donors (Lipinski definition) is 1. The fourth-order valence-corrected chi connectivity index (χ4v) is 4.90. The Morgan fingerprint density at radius 3 is 2.05 bits per heavy atom. The first kappa shape index (κ1) is 26.7. The molecule has 5 rings (SSSR count). The maximum absolute atomic E-state index is 13.7. The Bertz CT molecular complexity index is 1510. The molecule has 1 aromatic heterocycles. The van der Waals surface area contributed by atoms with Gasteiger partial charge in [0, 0.05) is 37.1 Å². The summed E-state index contributed by atoms with van der Waals surface area (Å²) in [5.41, 5.74) is 2.06. The van der Waals surface area contributed by atoms with Gasteiger partial charge in [0.25, 0.3) is 11.8 Å². The van der Waals surface area contributed by atoms with Gasteiger partial charge >= 0.3 is 0 Å². The zero-order valence-electron chi connectivity index (χ0n) is 22.9. The molecule has 1 saturated heterocycles. The number of piperazine rings is 1. The molecule has 3 aromatic carbocycles. The van der Waals surface area contributed by atoms with Crippen LogP contribution in [0.1, 0.15) is 20.9 Å². The van der Waals surface area contributed by atoms with Crippen molar-refractivity contribution in [3.63, 3.8) is 0 Å². The molecule has 2 heterocycles. The Balaban J connectivity index is 1.41. The molecule has 10 heteroatoms. The molecule has 0 unspecified atom stereocenters. The number of methoxy groups -OCH3 is 4. The normalized spacial score (nSPS) is 13.2. The van der Waals surface area contributed by atoms with Crippen LogP contribution >= 0.6 is 0 Å². The van der Waals surface area contributed by atoms with Crippen LogP contribution in [0.5, 0.6) is 23.0 Å². The van der Waals surface area contributed by atoms with Crippen LogP contribution in [-0.2, 0) is 0 Å². The highest BCUT2D eigenvalue weighted by molar-refractivity contribution is 6.14. The second-order valence-electron chi connectivity index (χ2n) is 9.12. The molecule has 0 saturated carbocycles. The van der Waals surface area contributed by atoms with E-state index in [2.05, 4.69) is 10.2 Å². The number of furan rings is 1. The lowest BCUT2D eigenvalue weighted by molar-refractivity contribution is 0.0718. The summed E-state index contributed by atoms with van der Waals surface area (Å²) in [6.07, 6.45) is 0. The van der Waals surface area contributed by atoms with E-state index in [-0.39, 0.29) is 17.2 Å². The van der Waals surface area contributed by atoms with Crippen LogP contribution in [-0.4, -0.2) is 71.3 Å². The van der Waals surface area contributed by atoms with Gasteiger partial charge < -0.3 is 38.5 Å². The van der Waals surface area contributed by atoms with Gasteiger partial charge in [0.1, 0.15) is 17.0 Å². The average molecular weight is 546 g/mol. The molecule has 2 amide bonds. The van der Waals surface area contributed by atoms with Crippen molar-refractivity contribution < 1.29 is 33.0 Å². The van der Waals surface area contributed by atoms with Gasteiger partial charge in [-0.2, -0.15) is 0 Å². The van der Waals surface area contributed by atoms with Crippen LogP contribution in [0.2, 0.25) is 0 Å². The van der Waals surface area contributed by atoms with Crippen molar-refractivity contribution in [3.8, 4) is 23.0 Å². The van der Waals surface area contributed by atoms with E-state index in [0.717, 1.165) is 11.4 Å². The van der Waals surface area contributed by atoms with Gasteiger partial charge in [0.15, 0.2) is 11.5 Å². The monoisotopic (exact) mass is 545 g/mol. The van der Waals surface area contributed by atoms with Gasteiger partial charge in [-0.15, -0.1) is 0 Å². The number of carbonyl (C=O) groups is 2. The second-order valence-corrected chi connectivity index (χ2v) is 9.12. The number of para-hydroxylation sites is 3. The number of ether oxygens (including phenoxy) is 4. The van der Waals surface area contributed by atoms with Gasteiger partial charge in [0.2, 0.25) is 11.5 Å². The number of amides is 2. The predicted molar refractivity (Wildman–Crippen MR) is 151 cm³/mol. The van der Waals surface area contributed by atoms with Crippen molar-refractivity contribution >= 4 is 34.2 Å². The van der Waals surface area contributed by atoms with Crippen molar-refractivity contribution in [1.82, 2.24) is 4.90 Å². The third kappa shape index (κ3) is 4.95. The molecule has 1 fully saturated rings. The van der Waals surface area contributed by atoms with Gasteiger partial charge in [0.05, 0.1) is 34.1 Å². The minimum Gasteiger partial charge on any atom is -0.495 e. The van der Waals surface area contributed by atoms with E-state index >= 15 is 0 Å². The number of fused-ring (bicyclic) bond motifs is 1. The topological polar surface area (TPSA) is 103 Å². The van der Waals surface area contributed by atoms with E-state index in [0.29, 0.717) is 60.1 Å². The summed E-state index contributed by atoms with van der Waals surface area (Å²) in [4.78, 5) is 31.1. The van der Waals surface area contributed by atoms with E-state index in [4.69, 9.17) is 23.4 Å². The van der Waals surface area contributed by atoms with Crippen molar-refractivity contribution in [2.45, 2.75) is 0 Å². The van der Waals surface area contributed by atoms with Crippen LogP contribution in [0.25, 0.3) is 11.0 Å². The van der Waals surface area contributed by atoms with Crippen molar-refractivity contribution in [1.29, 1.82) is 0 Å². The largest absolute Gasteiger partial charge is 0.495 e. The summed E-state index contributed by atoms with van der Waals surface area (Å²) in [6.45, 7) is 2.21. The van der Waals surface area contributed by atoms with E-state index in [9.17, 15) is 9.59 Å². The highest BCUT2D eigenvalue weighted by Gasteiger charge is 2.30. The fraction of sp³-hybridized carbons (Fsp3) is 0.267. The number of benzene rings is 3. The molecule has 10 nitrogen and oxygen atoms in total. The minimum absolute atomic E-state index is 0.0766. The van der Waals surface area contributed by atoms with E-state index < -0.39 is 5.91 Å². The third-order valence-electron chi connectivity index (χ3n) is 6.95. The smallest absolute Gasteiger partial charge is 0.291 e. The summed E-state index contributed by atoms with van der Waals surface area (Å²) in [7, 11) is 6.10. The summed E-state index contributed by atoms with van der Waals surface area (Å²) in [5, 5.41) is 3.52. The first-order valence-corrected chi connectivity index (χ1v) is 12.8. The first-order chi connectivity index (χ1) is 19.5. The van der Waals surface area contributed by atoms with Crippen molar-refractivity contribution in [2.75, 3.05) is 64.8 Å². The number of nitrogens with zero attached hydrogens (tertiary/aromatic N) is 2. The van der Waals surface area contributed by atoms with Gasteiger partial charge in [-0.25, -0.2) is 0 Å². The average Bonchev–Trinajstić information content (AvgIpc) is 3.37. The Labute approximate surface area is 232 Å². The molecule has 1 aliphatic heterocycles. The first-order valence-electron chi connectivity index (χ1n) is 12.8. The molecule has 4 aromatic rings. The molecule has 1 aliphatic rings.